The fourth-order valence-electron chi connectivity index (χ4n) is 0.991. The van der Waals surface area contributed by atoms with Crippen LogP contribution >= 0.6 is 0 Å². The van der Waals surface area contributed by atoms with Crippen LogP contribution in [0, 0.1) is 23.2 Å². The summed E-state index contributed by atoms with van der Waals surface area (Å²) in [4.78, 5) is 0. The van der Waals surface area contributed by atoms with Crippen molar-refractivity contribution in [2.75, 3.05) is 0 Å². The second kappa shape index (κ2) is 4.59. The average molecular weight is 225 g/mol. The van der Waals surface area contributed by atoms with Crippen LogP contribution in [-0.2, 0) is 6.18 Å². The number of hydrogen-bond acceptors (Lipinski definition) is 2. The summed E-state index contributed by atoms with van der Waals surface area (Å²) in [6, 6.07) is 4.17. The molecule has 0 saturated heterocycles. The van der Waals surface area contributed by atoms with Crippen molar-refractivity contribution in [2.45, 2.75) is 12.6 Å². The van der Waals surface area contributed by atoms with Gasteiger partial charge in [-0.05, 0) is 18.2 Å². The molecule has 0 aliphatic rings. The van der Waals surface area contributed by atoms with E-state index >= 15 is 0 Å². The molecule has 1 aromatic rings. The van der Waals surface area contributed by atoms with Gasteiger partial charge in [0, 0.05) is 0 Å². The molecule has 5 heteroatoms. The summed E-state index contributed by atoms with van der Waals surface area (Å²) in [6.45, 7) is 0. The van der Waals surface area contributed by atoms with Crippen LogP contribution in [-0.4, -0.2) is 5.11 Å². The van der Waals surface area contributed by atoms with Gasteiger partial charge in [0.05, 0.1) is 23.6 Å². The Hall–Kier alpha value is -2.14. The van der Waals surface area contributed by atoms with Gasteiger partial charge in [-0.2, -0.15) is 18.4 Å². The smallest absolute Gasteiger partial charge is 0.416 e. The number of benzene rings is 1. The van der Waals surface area contributed by atoms with E-state index in [1.807, 2.05) is 0 Å². The Morgan fingerprint density at radius 2 is 2.00 bits per heavy atom. The quantitative estimate of drug-likeness (QED) is 0.690. The molecule has 82 valence electrons. The zero-order chi connectivity index (χ0) is 12.2. The minimum Gasteiger partial charge on any atom is -0.507 e. The van der Waals surface area contributed by atoms with E-state index in [0.717, 1.165) is 18.2 Å². The molecule has 0 aliphatic carbocycles. The standard InChI is InChI=1S/C11H6F3NO/c12-11(13,14)9-4-5-10(16)8(7-9)3-1-2-6-15/h4-5,7,16H,2H2. The highest BCUT2D eigenvalue weighted by molar-refractivity contribution is 5.48. The molecule has 0 aromatic heterocycles. The maximum absolute atomic E-state index is 12.3. The van der Waals surface area contributed by atoms with E-state index in [4.69, 9.17) is 5.26 Å². The highest BCUT2D eigenvalue weighted by atomic mass is 19.4. The third kappa shape index (κ3) is 2.93. The molecule has 0 bridgehead atoms. The molecule has 16 heavy (non-hydrogen) atoms. The van der Waals surface area contributed by atoms with Gasteiger partial charge in [0.2, 0.25) is 0 Å². The van der Waals surface area contributed by atoms with Crippen LogP contribution in [0.5, 0.6) is 5.75 Å². The van der Waals surface area contributed by atoms with Crippen molar-refractivity contribution in [3.8, 4) is 23.7 Å². The molecule has 1 N–H and O–H groups in total. The molecule has 0 radical (unpaired) electrons. The molecule has 0 atom stereocenters. The number of hydrogen-bond donors (Lipinski definition) is 1. The minimum absolute atomic E-state index is 0.102. The number of nitrogens with zero attached hydrogens (tertiary/aromatic N) is 1. The van der Waals surface area contributed by atoms with Gasteiger partial charge in [-0.25, -0.2) is 0 Å². The lowest BCUT2D eigenvalue weighted by Crippen LogP contribution is -2.04. The normalized spacial score (nSPS) is 10.1. The van der Waals surface area contributed by atoms with Gasteiger partial charge in [-0.1, -0.05) is 11.8 Å². The second-order valence-electron chi connectivity index (χ2n) is 2.87. The van der Waals surface area contributed by atoms with Crippen LogP contribution in [0.2, 0.25) is 0 Å². The number of rotatable bonds is 0. The maximum atomic E-state index is 12.3. The third-order valence-corrected chi connectivity index (χ3v) is 1.71. The Morgan fingerprint density at radius 3 is 2.56 bits per heavy atom. The van der Waals surface area contributed by atoms with E-state index < -0.39 is 11.7 Å². The van der Waals surface area contributed by atoms with Gasteiger partial charge in [0.25, 0.3) is 0 Å². The first-order valence-electron chi connectivity index (χ1n) is 4.21. The van der Waals surface area contributed by atoms with Crippen molar-refractivity contribution in [1.29, 1.82) is 5.26 Å². The number of phenolic OH excluding ortho intramolecular Hbond substituents is 1. The topological polar surface area (TPSA) is 44.0 Å². The van der Waals surface area contributed by atoms with Crippen LogP contribution in [0.4, 0.5) is 13.2 Å². The molecule has 0 spiro atoms. The van der Waals surface area contributed by atoms with Crippen LogP contribution in [0.15, 0.2) is 18.2 Å². The Morgan fingerprint density at radius 1 is 1.31 bits per heavy atom. The van der Waals surface area contributed by atoms with Gasteiger partial charge in [0.15, 0.2) is 0 Å². The van der Waals surface area contributed by atoms with Gasteiger partial charge in [-0.3, -0.25) is 0 Å². The zero-order valence-electron chi connectivity index (χ0n) is 7.97. The maximum Gasteiger partial charge on any atom is 0.416 e. The molecule has 0 heterocycles. The van der Waals surface area contributed by atoms with E-state index in [1.165, 1.54) is 0 Å². The lowest BCUT2D eigenvalue weighted by Gasteiger charge is -2.07. The summed E-state index contributed by atoms with van der Waals surface area (Å²) in [5.41, 5.74) is -1.02. The molecular formula is C11H6F3NO. The highest BCUT2D eigenvalue weighted by Crippen LogP contribution is 2.31. The largest absolute Gasteiger partial charge is 0.507 e. The molecule has 0 fully saturated rings. The molecular weight excluding hydrogens is 219 g/mol. The third-order valence-electron chi connectivity index (χ3n) is 1.71. The van der Waals surface area contributed by atoms with E-state index in [2.05, 4.69) is 11.8 Å². The Balaban J connectivity index is 3.12. The van der Waals surface area contributed by atoms with Crippen molar-refractivity contribution >= 4 is 0 Å². The van der Waals surface area contributed by atoms with Crippen molar-refractivity contribution in [3.63, 3.8) is 0 Å². The van der Waals surface area contributed by atoms with Gasteiger partial charge in [-0.15, -0.1) is 0 Å². The summed E-state index contributed by atoms with van der Waals surface area (Å²) in [6.07, 6.45) is -4.57. The van der Waals surface area contributed by atoms with Gasteiger partial charge >= 0.3 is 6.18 Å². The summed E-state index contributed by atoms with van der Waals surface area (Å²) < 4.78 is 36.9. The van der Waals surface area contributed by atoms with E-state index in [0.29, 0.717) is 0 Å². The first-order chi connectivity index (χ1) is 7.45. The molecule has 0 amide bonds. The number of aromatic hydroxyl groups is 1. The zero-order valence-corrected chi connectivity index (χ0v) is 7.97. The van der Waals surface area contributed by atoms with E-state index in [9.17, 15) is 18.3 Å². The molecule has 0 unspecified atom stereocenters. The second-order valence-corrected chi connectivity index (χ2v) is 2.87. The van der Waals surface area contributed by atoms with Crippen LogP contribution in [0.1, 0.15) is 17.5 Å². The number of nitriles is 1. The molecule has 0 aliphatic heterocycles. The summed E-state index contributed by atoms with van der Waals surface area (Å²) >= 11 is 0. The predicted octanol–water partition coefficient (Wildman–Crippen LogP) is 2.68. The first-order valence-corrected chi connectivity index (χ1v) is 4.21. The van der Waals surface area contributed by atoms with Crippen molar-refractivity contribution in [2.24, 2.45) is 0 Å². The summed E-state index contributed by atoms with van der Waals surface area (Å²) in [7, 11) is 0. The van der Waals surface area contributed by atoms with Crippen LogP contribution < -0.4 is 0 Å². The first kappa shape index (κ1) is 11.9. The lowest BCUT2D eigenvalue weighted by molar-refractivity contribution is -0.137. The monoisotopic (exact) mass is 225 g/mol. The average Bonchev–Trinajstić information content (AvgIpc) is 2.19. The molecule has 1 rings (SSSR count). The molecule has 0 saturated carbocycles. The van der Waals surface area contributed by atoms with Crippen molar-refractivity contribution in [3.05, 3.63) is 29.3 Å². The fourth-order valence-corrected chi connectivity index (χ4v) is 0.991. The summed E-state index contributed by atoms with van der Waals surface area (Å²) in [5, 5.41) is 17.4. The minimum atomic E-state index is -4.47. The Bertz CT molecular complexity index is 489. The van der Waals surface area contributed by atoms with Crippen LogP contribution in [0.25, 0.3) is 0 Å². The van der Waals surface area contributed by atoms with Crippen molar-refractivity contribution < 1.29 is 18.3 Å². The summed E-state index contributed by atoms with van der Waals surface area (Å²) in [5.74, 6) is 4.30. The van der Waals surface area contributed by atoms with E-state index in [1.54, 1.807) is 6.07 Å². The Kier molecular flexibility index (Phi) is 3.42. The predicted molar refractivity (Wildman–Crippen MR) is 50.2 cm³/mol. The number of phenols is 1. The molecule has 2 nitrogen and oxygen atoms in total. The number of alkyl halides is 3. The van der Waals surface area contributed by atoms with Crippen molar-refractivity contribution in [1.82, 2.24) is 0 Å². The Labute approximate surface area is 89.9 Å². The van der Waals surface area contributed by atoms with Crippen LogP contribution in [0.3, 0.4) is 0 Å². The van der Waals surface area contributed by atoms with Gasteiger partial charge in [0.1, 0.15) is 5.75 Å². The number of halogens is 3. The molecule has 1 aromatic carbocycles. The van der Waals surface area contributed by atoms with E-state index in [-0.39, 0.29) is 17.7 Å². The SMILES string of the molecule is N#CCC#Cc1cc(C(F)(F)F)ccc1O. The van der Waals surface area contributed by atoms with Gasteiger partial charge < -0.3 is 5.11 Å². The lowest BCUT2D eigenvalue weighted by atomic mass is 10.1. The highest BCUT2D eigenvalue weighted by Gasteiger charge is 2.30. The fraction of sp³-hybridized carbons (Fsp3) is 0.182.